The average Bonchev–Trinajstić information content (AvgIpc) is 2.69. The van der Waals surface area contributed by atoms with Crippen molar-refractivity contribution in [2.24, 2.45) is 10.9 Å². The maximum absolute atomic E-state index is 5.47. The van der Waals surface area contributed by atoms with E-state index in [0.29, 0.717) is 0 Å². The number of halogens is 1. The highest BCUT2D eigenvalue weighted by atomic mass is 127. The van der Waals surface area contributed by atoms with Crippen molar-refractivity contribution in [3.63, 3.8) is 0 Å². The van der Waals surface area contributed by atoms with E-state index in [4.69, 9.17) is 9.47 Å². The molecule has 28 heavy (non-hydrogen) atoms. The van der Waals surface area contributed by atoms with E-state index in [0.717, 1.165) is 56.0 Å². The van der Waals surface area contributed by atoms with Crippen LogP contribution in [0.1, 0.15) is 30.9 Å². The van der Waals surface area contributed by atoms with Crippen molar-refractivity contribution in [2.45, 2.75) is 32.7 Å². The number of ether oxygens (including phenoxy) is 2. The number of hydrogen-bond donors (Lipinski definition) is 1. The van der Waals surface area contributed by atoms with Crippen molar-refractivity contribution in [3.05, 3.63) is 23.3 Å². The first-order valence-electron chi connectivity index (χ1n) is 10.1. The number of nitrogens with zero attached hydrogens (tertiary/aromatic N) is 3. The molecule has 2 aliphatic rings. The summed E-state index contributed by atoms with van der Waals surface area (Å²) >= 11 is 0. The van der Waals surface area contributed by atoms with Crippen LogP contribution in [0.5, 0.6) is 11.5 Å². The number of guanidine groups is 1. The third-order valence-corrected chi connectivity index (χ3v) is 5.68. The van der Waals surface area contributed by atoms with Crippen LogP contribution < -0.4 is 14.8 Å². The predicted molar refractivity (Wildman–Crippen MR) is 125 cm³/mol. The summed E-state index contributed by atoms with van der Waals surface area (Å²) in [5, 5.41) is 3.56. The van der Waals surface area contributed by atoms with E-state index >= 15 is 0 Å². The molecule has 7 heteroatoms. The third kappa shape index (κ3) is 5.65. The molecule has 0 bridgehead atoms. The van der Waals surface area contributed by atoms with Gasteiger partial charge in [-0.3, -0.25) is 4.99 Å². The molecular formula is C21H35IN4O2. The summed E-state index contributed by atoms with van der Waals surface area (Å²) in [6.07, 6.45) is 3.68. The Morgan fingerprint density at radius 2 is 1.89 bits per heavy atom. The molecule has 0 aliphatic carbocycles. The zero-order valence-electron chi connectivity index (χ0n) is 17.7. The number of methoxy groups -OCH3 is 2. The summed E-state index contributed by atoms with van der Waals surface area (Å²) in [6.45, 7) is 8.63. The molecule has 1 unspecified atom stereocenters. The minimum atomic E-state index is 0. The summed E-state index contributed by atoms with van der Waals surface area (Å²) in [6, 6.07) is 4.21. The van der Waals surface area contributed by atoms with Crippen molar-refractivity contribution in [3.8, 4) is 11.5 Å². The lowest BCUT2D eigenvalue weighted by Gasteiger charge is -2.34. The highest BCUT2D eigenvalue weighted by molar-refractivity contribution is 14.0. The first-order chi connectivity index (χ1) is 13.1. The smallest absolute Gasteiger partial charge is 0.194 e. The molecule has 1 fully saturated rings. The van der Waals surface area contributed by atoms with Crippen LogP contribution in [0.15, 0.2) is 17.1 Å². The lowest BCUT2D eigenvalue weighted by Crippen LogP contribution is -2.47. The van der Waals surface area contributed by atoms with Gasteiger partial charge in [0.15, 0.2) is 17.5 Å². The SMILES string of the molecule is CN=C(NCCN1CCCC(C)C1)N1CCc2cc(OC)c(OC)cc2C1.I. The van der Waals surface area contributed by atoms with Gasteiger partial charge in [-0.25, -0.2) is 0 Å². The summed E-state index contributed by atoms with van der Waals surface area (Å²) in [7, 11) is 5.25. The molecule has 0 amide bonds. The highest BCUT2D eigenvalue weighted by Crippen LogP contribution is 2.33. The van der Waals surface area contributed by atoms with Gasteiger partial charge >= 0.3 is 0 Å². The van der Waals surface area contributed by atoms with Crippen LogP contribution in [0.2, 0.25) is 0 Å². The number of benzene rings is 1. The number of nitrogens with one attached hydrogen (secondary N) is 1. The molecule has 1 N–H and O–H groups in total. The minimum absolute atomic E-state index is 0. The van der Waals surface area contributed by atoms with Crippen molar-refractivity contribution in [1.29, 1.82) is 0 Å². The molecule has 1 atom stereocenters. The van der Waals surface area contributed by atoms with Gasteiger partial charge in [0.05, 0.1) is 14.2 Å². The van der Waals surface area contributed by atoms with Crippen LogP contribution in [0.3, 0.4) is 0 Å². The molecule has 0 saturated carbocycles. The highest BCUT2D eigenvalue weighted by Gasteiger charge is 2.22. The van der Waals surface area contributed by atoms with Gasteiger partial charge in [0.25, 0.3) is 0 Å². The number of hydrogen-bond acceptors (Lipinski definition) is 4. The summed E-state index contributed by atoms with van der Waals surface area (Å²) in [5.41, 5.74) is 2.62. The maximum atomic E-state index is 5.47. The van der Waals surface area contributed by atoms with Crippen molar-refractivity contribution in [2.75, 3.05) is 54.0 Å². The van der Waals surface area contributed by atoms with Crippen molar-refractivity contribution < 1.29 is 9.47 Å². The third-order valence-electron chi connectivity index (χ3n) is 5.68. The lowest BCUT2D eigenvalue weighted by molar-refractivity contribution is 0.186. The second-order valence-electron chi connectivity index (χ2n) is 7.67. The summed E-state index contributed by atoms with van der Waals surface area (Å²) in [5.74, 6) is 3.41. The van der Waals surface area contributed by atoms with E-state index in [1.807, 2.05) is 7.05 Å². The van der Waals surface area contributed by atoms with Gasteiger partial charge in [-0.15, -0.1) is 24.0 Å². The molecule has 0 spiro atoms. The largest absolute Gasteiger partial charge is 0.493 e. The number of aliphatic imine (C=N–C) groups is 1. The van der Waals surface area contributed by atoms with Gasteiger partial charge in [0.2, 0.25) is 0 Å². The Morgan fingerprint density at radius 1 is 1.18 bits per heavy atom. The zero-order valence-corrected chi connectivity index (χ0v) is 20.0. The van der Waals surface area contributed by atoms with Crippen LogP contribution in [0.4, 0.5) is 0 Å². The van der Waals surface area contributed by atoms with Gasteiger partial charge in [-0.05, 0) is 55.0 Å². The number of rotatable bonds is 5. The fraction of sp³-hybridized carbons (Fsp3) is 0.667. The van der Waals surface area contributed by atoms with E-state index in [-0.39, 0.29) is 24.0 Å². The number of likely N-dealkylation sites (tertiary alicyclic amines) is 1. The fourth-order valence-corrected chi connectivity index (χ4v) is 4.21. The topological polar surface area (TPSA) is 49.3 Å². The van der Waals surface area contributed by atoms with Crippen LogP contribution in [0.25, 0.3) is 0 Å². The molecule has 0 aromatic heterocycles. The quantitative estimate of drug-likeness (QED) is 0.381. The van der Waals surface area contributed by atoms with Crippen molar-refractivity contribution in [1.82, 2.24) is 15.1 Å². The molecule has 3 rings (SSSR count). The van der Waals surface area contributed by atoms with Crippen LogP contribution in [-0.4, -0.2) is 69.8 Å². The van der Waals surface area contributed by atoms with Crippen LogP contribution >= 0.6 is 24.0 Å². The molecule has 1 aromatic rings. The Hall–Kier alpha value is -1.22. The number of piperidine rings is 1. The van der Waals surface area contributed by atoms with E-state index in [2.05, 4.69) is 39.2 Å². The molecule has 2 aliphatic heterocycles. The van der Waals surface area contributed by atoms with E-state index in [9.17, 15) is 0 Å². The first kappa shape index (κ1) is 23.1. The van der Waals surface area contributed by atoms with Gasteiger partial charge in [-0.1, -0.05) is 6.92 Å². The Kier molecular flexibility index (Phi) is 9.14. The van der Waals surface area contributed by atoms with Gasteiger partial charge in [0.1, 0.15) is 0 Å². The number of fused-ring (bicyclic) bond motifs is 1. The van der Waals surface area contributed by atoms with Crippen molar-refractivity contribution >= 4 is 29.9 Å². The zero-order chi connectivity index (χ0) is 19.2. The fourth-order valence-electron chi connectivity index (χ4n) is 4.21. The Labute approximate surface area is 186 Å². The van der Waals surface area contributed by atoms with Gasteiger partial charge < -0.3 is 24.6 Å². The summed E-state index contributed by atoms with van der Waals surface area (Å²) < 4.78 is 10.9. The average molecular weight is 502 g/mol. The van der Waals surface area contributed by atoms with E-state index in [1.165, 1.54) is 37.1 Å². The first-order valence-corrected chi connectivity index (χ1v) is 10.1. The molecule has 158 valence electrons. The van der Waals surface area contributed by atoms with E-state index in [1.54, 1.807) is 14.2 Å². The Morgan fingerprint density at radius 3 is 2.54 bits per heavy atom. The molecule has 0 radical (unpaired) electrons. The Bertz CT molecular complexity index is 668. The summed E-state index contributed by atoms with van der Waals surface area (Å²) in [4.78, 5) is 9.41. The van der Waals surface area contributed by atoms with Crippen LogP contribution in [-0.2, 0) is 13.0 Å². The second kappa shape index (κ2) is 11.1. The molecule has 2 heterocycles. The standard InChI is InChI=1S/C21H34N4O2.HI/c1-16-6-5-9-24(14-16)11-8-23-21(22-2)25-10-7-17-12-19(26-3)20(27-4)13-18(17)15-25;/h12-13,16H,5-11,14-15H2,1-4H3,(H,22,23);1H. The normalized spacial score (nSPS) is 20.2. The molecule has 1 saturated heterocycles. The van der Waals surface area contributed by atoms with E-state index < -0.39 is 0 Å². The minimum Gasteiger partial charge on any atom is -0.493 e. The Balaban J connectivity index is 0.00000280. The van der Waals surface area contributed by atoms with Gasteiger partial charge in [0, 0.05) is 39.8 Å². The molecule has 1 aromatic carbocycles. The van der Waals surface area contributed by atoms with Gasteiger partial charge in [-0.2, -0.15) is 0 Å². The maximum Gasteiger partial charge on any atom is 0.194 e. The lowest BCUT2D eigenvalue weighted by atomic mass is 9.99. The predicted octanol–water partition coefficient (Wildman–Crippen LogP) is 2.99. The molecule has 6 nitrogen and oxygen atoms in total. The monoisotopic (exact) mass is 502 g/mol. The molecular weight excluding hydrogens is 467 g/mol. The second-order valence-corrected chi connectivity index (χ2v) is 7.67. The van der Waals surface area contributed by atoms with Crippen LogP contribution in [0, 0.1) is 5.92 Å².